The van der Waals surface area contributed by atoms with Gasteiger partial charge in [-0.25, -0.2) is 0 Å². The van der Waals surface area contributed by atoms with Crippen molar-refractivity contribution in [1.82, 2.24) is 10.2 Å². The number of hydrogen-bond donors (Lipinski definition) is 1. The third-order valence-electron chi connectivity index (χ3n) is 6.16. The lowest BCUT2D eigenvalue weighted by molar-refractivity contribution is -0.140. The maximum atomic E-state index is 13.4. The van der Waals surface area contributed by atoms with Crippen LogP contribution < -0.4 is 5.32 Å². The molecule has 2 aromatic carbocycles. The van der Waals surface area contributed by atoms with Crippen LogP contribution in [0.1, 0.15) is 56.6 Å². The fourth-order valence-electron chi connectivity index (χ4n) is 4.37. The van der Waals surface area contributed by atoms with E-state index in [4.69, 9.17) is 23.2 Å². The third kappa shape index (κ3) is 6.98. The number of benzene rings is 2. The van der Waals surface area contributed by atoms with Gasteiger partial charge in [-0.05, 0) is 48.9 Å². The molecule has 2 aromatic rings. The molecule has 172 valence electrons. The summed E-state index contributed by atoms with van der Waals surface area (Å²) in [6.45, 7) is 2.45. The zero-order valence-electron chi connectivity index (χ0n) is 18.7. The Morgan fingerprint density at radius 1 is 1.00 bits per heavy atom. The van der Waals surface area contributed by atoms with Crippen molar-refractivity contribution in [2.75, 3.05) is 6.54 Å². The number of hydrogen-bond acceptors (Lipinski definition) is 2. The topological polar surface area (TPSA) is 49.4 Å². The highest BCUT2D eigenvalue weighted by Gasteiger charge is 2.30. The largest absolute Gasteiger partial charge is 0.352 e. The van der Waals surface area contributed by atoms with Crippen LogP contribution in [0.4, 0.5) is 0 Å². The average Bonchev–Trinajstić information content (AvgIpc) is 2.80. The van der Waals surface area contributed by atoms with E-state index in [2.05, 4.69) is 5.32 Å². The number of nitrogens with one attached hydrogen (secondary N) is 1. The average molecular weight is 475 g/mol. The van der Waals surface area contributed by atoms with Crippen LogP contribution in [-0.2, 0) is 22.4 Å². The highest BCUT2D eigenvalue weighted by atomic mass is 35.5. The molecule has 3 rings (SSSR count). The van der Waals surface area contributed by atoms with Crippen LogP contribution in [0.3, 0.4) is 0 Å². The monoisotopic (exact) mass is 474 g/mol. The molecule has 1 N–H and O–H groups in total. The molecule has 1 saturated carbocycles. The molecule has 6 heteroatoms. The Morgan fingerprint density at radius 3 is 2.38 bits per heavy atom. The molecule has 0 spiro atoms. The van der Waals surface area contributed by atoms with E-state index >= 15 is 0 Å². The zero-order valence-corrected chi connectivity index (χ0v) is 20.2. The van der Waals surface area contributed by atoms with Gasteiger partial charge < -0.3 is 10.2 Å². The van der Waals surface area contributed by atoms with Crippen LogP contribution in [0.5, 0.6) is 0 Å². The molecule has 1 atom stereocenters. The Morgan fingerprint density at radius 2 is 1.72 bits per heavy atom. The molecule has 0 saturated heterocycles. The summed E-state index contributed by atoms with van der Waals surface area (Å²) >= 11 is 12.2. The van der Waals surface area contributed by atoms with Gasteiger partial charge in [0.2, 0.25) is 11.8 Å². The number of carbonyl (C=O) groups excluding carboxylic acids is 2. The predicted molar refractivity (Wildman–Crippen MR) is 131 cm³/mol. The quantitative estimate of drug-likeness (QED) is 0.496. The van der Waals surface area contributed by atoms with Crippen molar-refractivity contribution < 1.29 is 9.59 Å². The van der Waals surface area contributed by atoms with Gasteiger partial charge in [-0.2, -0.15) is 0 Å². The first-order valence-corrected chi connectivity index (χ1v) is 12.3. The molecule has 32 heavy (non-hydrogen) atoms. The molecule has 2 amide bonds. The van der Waals surface area contributed by atoms with Gasteiger partial charge >= 0.3 is 0 Å². The lowest BCUT2D eigenvalue weighted by Gasteiger charge is -2.33. The van der Waals surface area contributed by atoms with Crippen molar-refractivity contribution in [3.8, 4) is 0 Å². The van der Waals surface area contributed by atoms with Crippen LogP contribution in [0.15, 0.2) is 48.5 Å². The van der Waals surface area contributed by atoms with Crippen LogP contribution in [0, 0.1) is 0 Å². The second-order valence-corrected chi connectivity index (χ2v) is 9.33. The molecule has 0 radical (unpaired) electrons. The number of carbonyl (C=O) groups is 2. The van der Waals surface area contributed by atoms with E-state index in [1.807, 2.05) is 43.3 Å². The summed E-state index contributed by atoms with van der Waals surface area (Å²) in [5.74, 6) is -0.125. The van der Waals surface area contributed by atoms with Gasteiger partial charge in [0.25, 0.3) is 0 Å². The van der Waals surface area contributed by atoms with Crippen molar-refractivity contribution >= 4 is 35.0 Å². The second-order valence-electron chi connectivity index (χ2n) is 8.52. The van der Waals surface area contributed by atoms with E-state index in [-0.39, 0.29) is 24.3 Å². The lowest BCUT2D eigenvalue weighted by atomic mass is 9.95. The second kappa shape index (κ2) is 12.3. The molecule has 0 heterocycles. The molecule has 1 fully saturated rings. The molecule has 0 bridgehead atoms. The fourth-order valence-corrected chi connectivity index (χ4v) is 4.69. The summed E-state index contributed by atoms with van der Waals surface area (Å²) < 4.78 is 0. The van der Waals surface area contributed by atoms with Crippen LogP contribution in [-0.4, -0.2) is 35.3 Å². The standard InChI is InChI=1S/C26H32Cl2N2O2/c1-2-24(26(32)29-21-11-7-4-8-12-21)30(16-15-19-9-5-3-6-10-19)25(31)18-20-13-14-22(27)23(28)17-20/h3,5-6,9-10,13-14,17,21,24H,2,4,7-8,11-12,15-16,18H2,1H3,(H,29,32). The van der Waals surface area contributed by atoms with Gasteiger partial charge in [-0.15, -0.1) is 0 Å². The number of rotatable bonds is 9. The number of halogens is 2. The fraction of sp³-hybridized carbons (Fsp3) is 0.462. The van der Waals surface area contributed by atoms with Gasteiger partial charge in [0.05, 0.1) is 16.5 Å². The SMILES string of the molecule is CCC(C(=O)NC1CCCCC1)N(CCc1ccccc1)C(=O)Cc1ccc(Cl)c(Cl)c1. The Hall–Kier alpha value is -2.04. The predicted octanol–water partition coefficient (Wildman–Crippen LogP) is 5.83. The van der Waals surface area contributed by atoms with Crippen molar-refractivity contribution in [3.63, 3.8) is 0 Å². The van der Waals surface area contributed by atoms with Gasteiger partial charge in [-0.3, -0.25) is 9.59 Å². The summed E-state index contributed by atoms with van der Waals surface area (Å²) in [6.07, 6.45) is 7.01. The Labute approximate surface area is 201 Å². The molecular formula is C26H32Cl2N2O2. The van der Waals surface area contributed by atoms with Crippen molar-refractivity contribution in [2.24, 2.45) is 0 Å². The van der Waals surface area contributed by atoms with Crippen molar-refractivity contribution in [2.45, 2.75) is 70.4 Å². The molecule has 0 aromatic heterocycles. The Kier molecular flexibility index (Phi) is 9.43. The van der Waals surface area contributed by atoms with Crippen LogP contribution in [0.2, 0.25) is 10.0 Å². The summed E-state index contributed by atoms with van der Waals surface area (Å²) in [4.78, 5) is 28.3. The first-order valence-electron chi connectivity index (χ1n) is 11.6. The zero-order chi connectivity index (χ0) is 22.9. The normalized spacial score (nSPS) is 15.2. The first kappa shape index (κ1) is 24.6. The number of amides is 2. The van der Waals surface area contributed by atoms with Crippen molar-refractivity contribution in [3.05, 3.63) is 69.7 Å². The van der Waals surface area contributed by atoms with Gasteiger partial charge in [0.15, 0.2) is 0 Å². The molecule has 0 aliphatic heterocycles. The first-order chi connectivity index (χ1) is 15.5. The van der Waals surface area contributed by atoms with Gasteiger partial charge in [0, 0.05) is 12.6 Å². The van der Waals surface area contributed by atoms with E-state index < -0.39 is 6.04 Å². The highest BCUT2D eigenvalue weighted by Crippen LogP contribution is 2.24. The smallest absolute Gasteiger partial charge is 0.243 e. The number of nitrogens with zero attached hydrogens (tertiary/aromatic N) is 1. The van der Waals surface area contributed by atoms with Gasteiger partial charge in [0.1, 0.15) is 6.04 Å². The van der Waals surface area contributed by atoms with E-state index in [0.29, 0.717) is 29.4 Å². The minimum absolute atomic E-state index is 0.0463. The van der Waals surface area contributed by atoms with E-state index in [9.17, 15) is 9.59 Å². The Bertz CT molecular complexity index is 898. The maximum Gasteiger partial charge on any atom is 0.243 e. The summed E-state index contributed by atoms with van der Waals surface area (Å²) in [5.41, 5.74) is 1.93. The summed E-state index contributed by atoms with van der Waals surface area (Å²) in [7, 11) is 0. The third-order valence-corrected chi connectivity index (χ3v) is 6.90. The van der Waals surface area contributed by atoms with Crippen LogP contribution >= 0.6 is 23.2 Å². The van der Waals surface area contributed by atoms with Crippen LogP contribution in [0.25, 0.3) is 0 Å². The Balaban J connectivity index is 1.75. The minimum atomic E-state index is -0.490. The maximum absolute atomic E-state index is 13.4. The van der Waals surface area contributed by atoms with E-state index in [1.165, 1.54) is 6.42 Å². The highest BCUT2D eigenvalue weighted by molar-refractivity contribution is 6.42. The lowest BCUT2D eigenvalue weighted by Crippen LogP contribution is -2.52. The molecule has 4 nitrogen and oxygen atoms in total. The van der Waals surface area contributed by atoms with Crippen molar-refractivity contribution in [1.29, 1.82) is 0 Å². The summed E-state index contributed by atoms with van der Waals surface area (Å²) in [5, 5.41) is 4.10. The molecular weight excluding hydrogens is 443 g/mol. The van der Waals surface area contributed by atoms with E-state index in [1.54, 1.807) is 17.0 Å². The minimum Gasteiger partial charge on any atom is -0.352 e. The summed E-state index contributed by atoms with van der Waals surface area (Å²) in [6, 6.07) is 15.0. The van der Waals surface area contributed by atoms with Gasteiger partial charge in [-0.1, -0.05) is 85.8 Å². The van der Waals surface area contributed by atoms with E-state index in [0.717, 1.165) is 36.8 Å². The molecule has 1 aliphatic rings. The molecule has 1 unspecified atom stereocenters. The molecule has 1 aliphatic carbocycles.